The van der Waals surface area contributed by atoms with Crippen molar-refractivity contribution in [2.45, 2.75) is 6.92 Å². The topological polar surface area (TPSA) is 55.4 Å². The number of ether oxygens (including phenoxy) is 1. The molecule has 6 heteroatoms. The van der Waals surface area contributed by atoms with E-state index in [1.807, 2.05) is 19.1 Å². The Labute approximate surface area is 143 Å². The Morgan fingerprint density at radius 1 is 1.25 bits per heavy atom. The zero-order chi connectivity index (χ0) is 17.5. The van der Waals surface area contributed by atoms with Crippen molar-refractivity contribution >= 4 is 35.2 Å². The minimum absolute atomic E-state index is 0.0388. The summed E-state index contributed by atoms with van der Waals surface area (Å²) in [6.45, 7) is 1.50. The molecule has 0 aromatic heterocycles. The molecule has 0 fully saturated rings. The summed E-state index contributed by atoms with van der Waals surface area (Å²) < 4.78 is 17.9. The fourth-order valence-corrected chi connectivity index (χ4v) is 2.07. The molecule has 24 heavy (non-hydrogen) atoms. The molecule has 124 valence electrons. The summed E-state index contributed by atoms with van der Waals surface area (Å²) in [5.41, 5.74) is 2.18. The molecule has 0 atom stereocenters. The van der Waals surface area contributed by atoms with Crippen molar-refractivity contribution in [2.24, 2.45) is 0 Å². The SMILES string of the molecule is Cc1cccc(NC(=O)COC(=O)/C=C/c2ccc(F)c(Cl)c2)c1. The molecule has 0 aliphatic carbocycles. The van der Waals surface area contributed by atoms with Gasteiger partial charge in [-0.1, -0.05) is 29.8 Å². The number of nitrogens with one attached hydrogen (secondary N) is 1. The van der Waals surface area contributed by atoms with Gasteiger partial charge >= 0.3 is 5.97 Å². The number of rotatable bonds is 5. The van der Waals surface area contributed by atoms with Crippen LogP contribution in [-0.4, -0.2) is 18.5 Å². The molecule has 1 N–H and O–H groups in total. The van der Waals surface area contributed by atoms with Crippen LogP contribution in [0.2, 0.25) is 5.02 Å². The van der Waals surface area contributed by atoms with Crippen LogP contribution in [0.3, 0.4) is 0 Å². The Morgan fingerprint density at radius 2 is 2.04 bits per heavy atom. The molecule has 0 aliphatic heterocycles. The van der Waals surface area contributed by atoms with Crippen molar-refractivity contribution in [3.63, 3.8) is 0 Å². The summed E-state index contributed by atoms with van der Waals surface area (Å²) >= 11 is 5.64. The van der Waals surface area contributed by atoms with Crippen molar-refractivity contribution < 1.29 is 18.7 Å². The van der Waals surface area contributed by atoms with E-state index in [1.165, 1.54) is 24.3 Å². The molecule has 4 nitrogen and oxygen atoms in total. The van der Waals surface area contributed by atoms with Crippen LogP contribution in [0.4, 0.5) is 10.1 Å². The van der Waals surface area contributed by atoms with Gasteiger partial charge in [-0.05, 0) is 48.4 Å². The number of amides is 1. The Balaban J connectivity index is 1.83. The monoisotopic (exact) mass is 347 g/mol. The van der Waals surface area contributed by atoms with E-state index in [0.717, 1.165) is 11.6 Å². The first-order chi connectivity index (χ1) is 11.4. The van der Waals surface area contributed by atoms with Gasteiger partial charge in [-0.2, -0.15) is 0 Å². The van der Waals surface area contributed by atoms with E-state index < -0.39 is 24.3 Å². The molecular weight excluding hydrogens is 333 g/mol. The highest BCUT2D eigenvalue weighted by Crippen LogP contribution is 2.16. The lowest BCUT2D eigenvalue weighted by Gasteiger charge is -2.06. The van der Waals surface area contributed by atoms with Gasteiger partial charge in [0.25, 0.3) is 5.91 Å². The second-order valence-corrected chi connectivity index (χ2v) is 5.44. The average Bonchev–Trinajstić information content (AvgIpc) is 2.54. The summed E-state index contributed by atoms with van der Waals surface area (Å²) in [5, 5.41) is 2.59. The first kappa shape index (κ1) is 17.7. The highest BCUT2D eigenvalue weighted by atomic mass is 35.5. The number of benzene rings is 2. The third-order valence-electron chi connectivity index (χ3n) is 3.00. The van der Waals surface area contributed by atoms with Crippen LogP contribution in [0.5, 0.6) is 0 Å². The molecule has 0 bridgehead atoms. The minimum atomic E-state index is -0.685. The number of halogens is 2. The maximum atomic E-state index is 13.0. The molecule has 2 aromatic carbocycles. The van der Waals surface area contributed by atoms with Crippen LogP contribution in [0.1, 0.15) is 11.1 Å². The van der Waals surface area contributed by atoms with Gasteiger partial charge in [0.05, 0.1) is 5.02 Å². The van der Waals surface area contributed by atoms with Gasteiger partial charge in [-0.15, -0.1) is 0 Å². The molecule has 0 radical (unpaired) electrons. The second kappa shape index (κ2) is 8.26. The van der Waals surface area contributed by atoms with E-state index in [1.54, 1.807) is 12.1 Å². The zero-order valence-electron chi connectivity index (χ0n) is 12.9. The van der Waals surface area contributed by atoms with Gasteiger partial charge in [0.1, 0.15) is 5.82 Å². The summed E-state index contributed by atoms with van der Waals surface area (Å²) in [5.74, 6) is -1.66. The van der Waals surface area contributed by atoms with Crippen molar-refractivity contribution in [1.29, 1.82) is 0 Å². The van der Waals surface area contributed by atoms with Crippen molar-refractivity contribution in [3.8, 4) is 0 Å². The second-order valence-electron chi connectivity index (χ2n) is 5.03. The van der Waals surface area contributed by atoms with Crippen LogP contribution in [-0.2, 0) is 14.3 Å². The lowest BCUT2D eigenvalue weighted by atomic mass is 10.2. The van der Waals surface area contributed by atoms with Crippen molar-refractivity contribution in [1.82, 2.24) is 0 Å². The smallest absolute Gasteiger partial charge is 0.331 e. The maximum Gasteiger partial charge on any atom is 0.331 e. The molecule has 1 amide bonds. The van der Waals surface area contributed by atoms with Crippen LogP contribution in [0, 0.1) is 12.7 Å². The normalized spacial score (nSPS) is 10.6. The van der Waals surface area contributed by atoms with Gasteiger partial charge < -0.3 is 10.1 Å². The third kappa shape index (κ3) is 5.52. The Morgan fingerprint density at radius 3 is 2.75 bits per heavy atom. The van der Waals surface area contributed by atoms with E-state index in [9.17, 15) is 14.0 Å². The maximum absolute atomic E-state index is 13.0. The first-order valence-corrected chi connectivity index (χ1v) is 7.48. The van der Waals surface area contributed by atoms with E-state index in [0.29, 0.717) is 11.3 Å². The number of esters is 1. The van der Waals surface area contributed by atoms with Gasteiger partial charge in [-0.25, -0.2) is 9.18 Å². The quantitative estimate of drug-likeness (QED) is 0.657. The van der Waals surface area contributed by atoms with Gasteiger partial charge in [0.15, 0.2) is 6.61 Å². The predicted molar refractivity (Wildman–Crippen MR) is 91.2 cm³/mol. The predicted octanol–water partition coefficient (Wildman–Crippen LogP) is 3.98. The van der Waals surface area contributed by atoms with Gasteiger partial charge in [-0.3, -0.25) is 4.79 Å². The third-order valence-corrected chi connectivity index (χ3v) is 3.29. The molecule has 0 unspecified atom stereocenters. The number of anilines is 1. The standard InChI is InChI=1S/C18H15ClFNO3/c1-12-3-2-4-14(9-12)21-17(22)11-24-18(23)8-6-13-5-7-16(20)15(19)10-13/h2-10H,11H2,1H3,(H,21,22)/b8-6+. The highest BCUT2D eigenvalue weighted by Gasteiger charge is 2.06. The van der Waals surface area contributed by atoms with E-state index >= 15 is 0 Å². The molecule has 0 aliphatic rings. The Bertz CT molecular complexity index is 790. The first-order valence-electron chi connectivity index (χ1n) is 7.10. The van der Waals surface area contributed by atoms with Crippen LogP contribution < -0.4 is 5.32 Å². The summed E-state index contributed by atoms with van der Waals surface area (Å²) in [7, 11) is 0. The van der Waals surface area contributed by atoms with Crippen LogP contribution in [0.25, 0.3) is 6.08 Å². The van der Waals surface area contributed by atoms with Gasteiger partial charge in [0, 0.05) is 11.8 Å². The van der Waals surface area contributed by atoms with Crippen molar-refractivity contribution in [3.05, 3.63) is 70.5 Å². The lowest BCUT2D eigenvalue weighted by Crippen LogP contribution is -2.20. The minimum Gasteiger partial charge on any atom is -0.452 e. The fraction of sp³-hybridized carbons (Fsp3) is 0.111. The number of hydrogen-bond donors (Lipinski definition) is 1. The number of hydrogen-bond acceptors (Lipinski definition) is 3. The number of aryl methyl sites for hydroxylation is 1. The molecule has 0 saturated carbocycles. The Kier molecular flexibility index (Phi) is 6.09. The van der Waals surface area contributed by atoms with Crippen LogP contribution >= 0.6 is 11.6 Å². The van der Waals surface area contributed by atoms with Crippen LogP contribution in [0.15, 0.2) is 48.5 Å². The molecule has 2 rings (SSSR count). The lowest BCUT2D eigenvalue weighted by molar-refractivity contribution is -0.142. The van der Waals surface area contributed by atoms with E-state index in [2.05, 4.69) is 5.32 Å². The van der Waals surface area contributed by atoms with E-state index in [4.69, 9.17) is 16.3 Å². The highest BCUT2D eigenvalue weighted by molar-refractivity contribution is 6.30. The number of carbonyl (C=O) groups is 2. The fourth-order valence-electron chi connectivity index (χ4n) is 1.88. The molecule has 0 saturated heterocycles. The van der Waals surface area contributed by atoms with Gasteiger partial charge in [0.2, 0.25) is 0 Å². The molecular formula is C18H15ClFNO3. The van der Waals surface area contributed by atoms with E-state index in [-0.39, 0.29) is 5.02 Å². The average molecular weight is 348 g/mol. The zero-order valence-corrected chi connectivity index (χ0v) is 13.6. The summed E-state index contributed by atoms with van der Waals surface area (Å²) in [6.07, 6.45) is 2.57. The number of carbonyl (C=O) groups excluding carboxylic acids is 2. The molecule has 0 spiro atoms. The largest absolute Gasteiger partial charge is 0.452 e. The van der Waals surface area contributed by atoms with Crippen molar-refractivity contribution in [2.75, 3.05) is 11.9 Å². The molecule has 2 aromatic rings. The summed E-state index contributed by atoms with van der Waals surface area (Å²) in [6, 6.07) is 11.3. The summed E-state index contributed by atoms with van der Waals surface area (Å²) in [4.78, 5) is 23.3. The Hall–Kier alpha value is -2.66. The molecule has 0 heterocycles.